The van der Waals surface area contributed by atoms with Crippen molar-refractivity contribution >= 4 is 5.91 Å². The number of benzene rings is 1. The molecule has 128 valence electrons. The van der Waals surface area contributed by atoms with Crippen molar-refractivity contribution < 1.29 is 18.7 Å². The molecule has 5 nitrogen and oxygen atoms in total. The van der Waals surface area contributed by atoms with Gasteiger partial charge in [0.2, 0.25) is 0 Å². The maximum Gasteiger partial charge on any atom is 0.251 e. The number of piperidine rings is 1. The van der Waals surface area contributed by atoms with Crippen molar-refractivity contribution in [2.24, 2.45) is 5.92 Å². The first kappa shape index (κ1) is 17.7. The highest BCUT2D eigenvalue weighted by Gasteiger charge is 2.19. The molecule has 1 aromatic carbocycles. The molecule has 1 N–H and O–H groups in total. The quantitative estimate of drug-likeness (QED) is 0.832. The summed E-state index contributed by atoms with van der Waals surface area (Å²) in [5.41, 5.74) is 0.320. The molecular formula is C17H25FN2O3. The second kappa shape index (κ2) is 8.84. The zero-order valence-corrected chi connectivity index (χ0v) is 13.8. The van der Waals surface area contributed by atoms with E-state index in [0.717, 1.165) is 39.1 Å². The van der Waals surface area contributed by atoms with Gasteiger partial charge in [0.25, 0.3) is 5.91 Å². The molecule has 0 atom stereocenters. The average Bonchev–Trinajstić information content (AvgIpc) is 2.58. The summed E-state index contributed by atoms with van der Waals surface area (Å²) in [6.45, 7) is 4.40. The Kier molecular flexibility index (Phi) is 6.80. The fourth-order valence-electron chi connectivity index (χ4n) is 2.78. The van der Waals surface area contributed by atoms with E-state index in [0.29, 0.717) is 18.0 Å². The predicted molar refractivity (Wildman–Crippen MR) is 86.3 cm³/mol. The minimum atomic E-state index is -0.522. The summed E-state index contributed by atoms with van der Waals surface area (Å²) < 4.78 is 23.6. The molecule has 1 aliphatic rings. The summed E-state index contributed by atoms with van der Waals surface area (Å²) in [5, 5.41) is 2.90. The monoisotopic (exact) mass is 324 g/mol. The Labute approximate surface area is 136 Å². The third-order valence-electron chi connectivity index (χ3n) is 4.28. The highest BCUT2D eigenvalue weighted by Crippen LogP contribution is 2.19. The van der Waals surface area contributed by atoms with Crippen LogP contribution in [0.5, 0.6) is 5.75 Å². The molecule has 0 saturated carbocycles. The SMILES string of the molecule is COCCN1CCC(CNC(=O)c2ccc(OC)c(F)c2)CC1. The fourth-order valence-corrected chi connectivity index (χ4v) is 2.78. The highest BCUT2D eigenvalue weighted by molar-refractivity contribution is 5.94. The van der Waals surface area contributed by atoms with Crippen LogP contribution in [0.1, 0.15) is 23.2 Å². The Bertz CT molecular complexity index is 517. The van der Waals surface area contributed by atoms with Crippen LogP contribution >= 0.6 is 0 Å². The number of hydrogen-bond acceptors (Lipinski definition) is 4. The van der Waals surface area contributed by atoms with E-state index in [1.807, 2.05) is 0 Å². The lowest BCUT2D eigenvalue weighted by molar-refractivity contribution is 0.0925. The number of nitrogens with one attached hydrogen (secondary N) is 1. The summed E-state index contributed by atoms with van der Waals surface area (Å²) in [6.07, 6.45) is 2.11. The molecule has 6 heteroatoms. The lowest BCUT2D eigenvalue weighted by Gasteiger charge is -2.31. The van der Waals surface area contributed by atoms with Crippen LogP contribution in [0.4, 0.5) is 4.39 Å². The van der Waals surface area contributed by atoms with E-state index in [4.69, 9.17) is 9.47 Å². The number of halogens is 1. The van der Waals surface area contributed by atoms with E-state index in [1.165, 1.54) is 19.2 Å². The molecule has 1 aliphatic heterocycles. The van der Waals surface area contributed by atoms with Gasteiger partial charge in [0.05, 0.1) is 13.7 Å². The minimum absolute atomic E-state index is 0.144. The van der Waals surface area contributed by atoms with E-state index in [2.05, 4.69) is 10.2 Å². The van der Waals surface area contributed by atoms with Crippen LogP contribution in [0.3, 0.4) is 0 Å². The van der Waals surface area contributed by atoms with Crippen molar-refractivity contribution in [3.8, 4) is 5.75 Å². The van der Waals surface area contributed by atoms with Crippen molar-refractivity contribution in [2.45, 2.75) is 12.8 Å². The van der Waals surface area contributed by atoms with Gasteiger partial charge >= 0.3 is 0 Å². The van der Waals surface area contributed by atoms with Gasteiger partial charge in [-0.15, -0.1) is 0 Å². The van der Waals surface area contributed by atoms with Crippen LogP contribution in [0.25, 0.3) is 0 Å². The van der Waals surface area contributed by atoms with Gasteiger partial charge in [0.15, 0.2) is 11.6 Å². The molecule has 1 aromatic rings. The number of hydrogen-bond donors (Lipinski definition) is 1. The van der Waals surface area contributed by atoms with Crippen LogP contribution < -0.4 is 10.1 Å². The summed E-state index contributed by atoms with van der Waals surface area (Å²) in [5.74, 6) is -0.147. The number of nitrogens with zero attached hydrogens (tertiary/aromatic N) is 1. The number of carbonyl (C=O) groups excluding carboxylic acids is 1. The van der Waals surface area contributed by atoms with Crippen molar-refractivity contribution in [2.75, 3.05) is 47.0 Å². The van der Waals surface area contributed by atoms with E-state index >= 15 is 0 Å². The molecule has 0 radical (unpaired) electrons. The van der Waals surface area contributed by atoms with Crippen LogP contribution in [-0.4, -0.2) is 57.8 Å². The van der Waals surface area contributed by atoms with Gasteiger partial charge in [0.1, 0.15) is 0 Å². The zero-order valence-electron chi connectivity index (χ0n) is 13.8. The molecule has 0 spiro atoms. The third-order valence-corrected chi connectivity index (χ3v) is 4.28. The molecule has 1 amide bonds. The molecule has 0 aliphatic carbocycles. The molecule has 0 bridgehead atoms. The molecule has 0 unspecified atom stereocenters. The number of rotatable bonds is 7. The van der Waals surface area contributed by atoms with Crippen molar-refractivity contribution in [1.29, 1.82) is 0 Å². The molecule has 2 rings (SSSR count). The molecule has 1 saturated heterocycles. The Balaban J connectivity index is 1.76. The van der Waals surface area contributed by atoms with Gasteiger partial charge < -0.3 is 19.7 Å². The molecular weight excluding hydrogens is 299 g/mol. The maximum absolute atomic E-state index is 13.6. The zero-order chi connectivity index (χ0) is 16.7. The van der Waals surface area contributed by atoms with Crippen molar-refractivity contribution in [1.82, 2.24) is 10.2 Å². The number of carbonyl (C=O) groups is 1. The lowest BCUT2D eigenvalue weighted by Crippen LogP contribution is -2.39. The lowest BCUT2D eigenvalue weighted by atomic mass is 9.96. The van der Waals surface area contributed by atoms with Gasteiger partial charge in [-0.2, -0.15) is 0 Å². The Hall–Kier alpha value is -1.66. The van der Waals surface area contributed by atoms with Gasteiger partial charge in [-0.25, -0.2) is 4.39 Å². The standard InChI is InChI=1S/C17H25FN2O3/c1-22-10-9-20-7-5-13(6-8-20)12-19-17(21)14-3-4-16(23-2)15(18)11-14/h3-4,11,13H,5-10,12H2,1-2H3,(H,19,21). The third kappa shape index (κ3) is 5.18. The largest absolute Gasteiger partial charge is 0.494 e. The van der Waals surface area contributed by atoms with E-state index < -0.39 is 5.82 Å². The number of ether oxygens (including phenoxy) is 2. The molecule has 0 aromatic heterocycles. The number of likely N-dealkylation sites (tertiary alicyclic amines) is 1. The topological polar surface area (TPSA) is 50.8 Å². The highest BCUT2D eigenvalue weighted by atomic mass is 19.1. The average molecular weight is 324 g/mol. The summed E-state index contributed by atoms with van der Waals surface area (Å²) >= 11 is 0. The smallest absolute Gasteiger partial charge is 0.251 e. The number of methoxy groups -OCH3 is 2. The fraction of sp³-hybridized carbons (Fsp3) is 0.588. The van der Waals surface area contributed by atoms with Crippen molar-refractivity contribution in [3.05, 3.63) is 29.6 Å². The normalized spacial score (nSPS) is 16.3. The predicted octanol–water partition coefficient (Wildman–Crippen LogP) is 1.92. The van der Waals surface area contributed by atoms with E-state index in [1.54, 1.807) is 13.2 Å². The van der Waals surface area contributed by atoms with Gasteiger partial charge in [-0.05, 0) is 50.0 Å². The van der Waals surface area contributed by atoms with Crippen LogP contribution in [0, 0.1) is 11.7 Å². The van der Waals surface area contributed by atoms with E-state index in [-0.39, 0.29) is 11.7 Å². The Morgan fingerprint density at radius 2 is 2.09 bits per heavy atom. The Morgan fingerprint density at radius 3 is 2.70 bits per heavy atom. The minimum Gasteiger partial charge on any atom is -0.494 e. The van der Waals surface area contributed by atoms with Gasteiger partial charge in [-0.1, -0.05) is 0 Å². The van der Waals surface area contributed by atoms with Crippen LogP contribution in [0.2, 0.25) is 0 Å². The Morgan fingerprint density at radius 1 is 1.35 bits per heavy atom. The first-order valence-electron chi connectivity index (χ1n) is 7.97. The van der Waals surface area contributed by atoms with Gasteiger partial charge in [0, 0.05) is 25.8 Å². The van der Waals surface area contributed by atoms with E-state index in [9.17, 15) is 9.18 Å². The van der Waals surface area contributed by atoms with Crippen LogP contribution in [0.15, 0.2) is 18.2 Å². The maximum atomic E-state index is 13.6. The molecule has 23 heavy (non-hydrogen) atoms. The summed E-state index contributed by atoms with van der Waals surface area (Å²) in [7, 11) is 3.11. The number of amides is 1. The molecule has 1 fully saturated rings. The first-order chi connectivity index (χ1) is 11.1. The van der Waals surface area contributed by atoms with Crippen LogP contribution in [-0.2, 0) is 4.74 Å². The summed E-state index contributed by atoms with van der Waals surface area (Å²) in [6, 6.07) is 4.25. The first-order valence-corrected chi connectivity index (χ1v) is 7.97. The summed E-state index contributed by atoms with van der Waals surface area (Å²) in [4.78, 5) is 14.5. The second-order valence-corrected chi connectivity index (χ2v) is 5.84. The van der Waals surface area contributed by atoms with Gasteiger partial charge in [-0.3, -0.25) is 4.79 Å². The second-order valence-electron chi connectivity index (χ2n) is 5.84. The molecule has 1 heterocycles. The van der Waals surface area contributed by atoms with Crippen molar-refractivity contribution in [3.63, 3.8) is 0 Å².